The Bertz CT molecular complexity index is 722. The van der Waals surface area contributed by atoms with Gasteiger partial charge in [0.05, 0.1) is 25.4 Å². The van der Waals surface area contributed by atoms with Crippen LogP contribution in [-0.2, 0) is 14.3 Å². The summed E-state index contributed by atoms with van der Waals surface area (Å²) in [5, 5.41) is 33.1. The monoisotopic (exact) mass is 792 g/mol. The van der Waals surface area contributed by atoms with Crippen LogP contribution in [0.15, 0.2) is 0 Å². The minimum atomic E-state index is -6.61. The average molecular weight is 793 g/mol. The number of carbonyl (C=O) groups is 2. The number of ether oxygens (including phenoxy) is 1. The molecule has 0 saturated carbocycles. The summed E-state index contributed by atoms with van der Waals surface area (Å²) in [7, 11) is -6.61. The number of alkyl halides is 4. The first kappa shape index (κ1) is 64.0. The van der Waals surface area contributed by atoms with Crippen molar-refractivity contribution in [1.29, 1.82) is 0 Å². The number of hydrogen-bond donors (Lipinski definition) is 4. The van der Waals surface area contributed by atoms with Gasteiger partial charge >= 0.3 is 21.3 Å². The molecule has 0 amide bonds. The molecule has 4 N–H and O–H groups in total. The van der Waals surface area contributed by atoms with Gasteiger partial charge in [0.1, 0.15) is 11.3 Å². The van der Waals surface area contributed by atoms with Crippen molar-refractivity contribution in [2.45, 2.75) is 162 Å². The van der Waals surface area contributed by atoms with Crippen molar-refractivity contribution < 1.29 is 144 Å². The van der Waals surface area contributed by atoms with Gasteiger partial charge < -0.3 is 25.2 Å². The number of epoxide rings is 1. The van der Waals surface area contributed by atoms with E-state index < -0.39 is 44.0 Å². The number of rotatable bonds is 14. The maximum atomic E-state index is 12.6. The van der Waals surface area contributed by atoms with Gasteiger partial charge in [-0.3, -0.25) is 0 Å². The molecule has 1 fully saturated rings. The molecular formula is C30H60Ar2F8O7Si. The molecule has 5 atom stereocenters. The predicted octanol–water partition coefficient (Wildman–Crippen LogP) is 9.09. The predicted molar refractivity (Wildman–Crippen MR) is 167 cm³/mol. The summed E-state index contributed by atoms with van der Waals surface area (Å²) in [6.45, 7) is 16.9. The van der Waals surface area contributed by atoms with E-state index in [0.29, 0.717) is 31.3 Å². The van der Waals surface area contributed by atoms with E-state index in [1.54, 1.807) is 13.8 Å². The molecule has 0 aromatic heterocycles. The zero-order valence-electron chi connectivity index (χ0n) is 29.9. The fraction of sp³-hybridized carbons (Fsp3) is 0.933. The van der Waals surface area contributed by atoms with Gasteiger partial charge in [0, 0.05) is 75.5 Å². The number of halogens is 8. The van der Waals surface area contributed by atoms with Crippen LogP contribution < -0.4 is 0 Å². The van der Waals surface area contributed by atoms with Crippen molar-refractivity contribution in [3.05, 3.63) is 0 Å². The molecule has 1 heterocycles. The van der Waals surface area contributed by atoms with E-state index >= 15 is 0 Å². The van der Waals surface area contributed by atoms with Gasteiger partial charge in [-0.2, -0.15) is 0 Å². The molecule has 0 aromatic rings. The zero-order valence-corrected chi connectivity index (χ0v) is 32.4. The van der Waals surface area contributed by atoms with Crippen molar-refractivity contribution in [2.75, 3.05) is 19.8 Å². The SMILES string of the molecule is CCC[C@](C)(F)C(=O)O.CCC[C@](C)(F)C(=O)O.CCC[C@](C)(F)CO.CCC[C@](C)(F)CO.CCC[C@]1(C)CO1.F[Si](F)(F)F.[Ar].[Ar]. The Morgan fingerprint density at radius 2 is 0.875 bits per heavy atom. The van der Waals surface area contributed by atoms with E-state index in [1.807, 2.05) is 13.8 Å². The molecule has 0 aliphatic carbocycles. The van der Waals surface area contributed by atoms with Gasteiger partial charge in [-0.1, -0.05) is 66.7 Å². The fourth-order valence-corrected chi connectivity index (χ4v) is 3.15. The molecule has 0 aromatic carbocycles. The first-order chi connectivity index (χ1) is 20.5. The van der Waals surface area contributed by atoms with E-state index in [0.717, 1.165) is 33.3 Å². The van der Waals surface area contributed by atoms with Crippen molar-refractivity contribution in [2.24, 2.45) is 0 Å². The maximum Gasteiger partial charge on any atom is 0.844 e. The molecule has 7 nitrogen and oxygen atoms in total. The molecule has 0 bridgehead atoms. The van der Waals surface area contributed by atoms with Crippen LogP contribution in [-0.4, -0.2) is 89.9 Å². The Hall–Kier alpha value is 0.996. The summed E-state index contributed by atoms with van der Waals surface area (Å²) >= 11 is 0. The summed E-state index contributed by atoms with van der Waals surface area (Å²) in [4.78, 5) is 20.1. The summed E-state index contributed by atoms with van der Waals surface area (Å²) < 4.78 is 94.8. The summed E-state index contributed by atoms with van der Waals surface area (Å²) in [5.74, 6) is -2.74. The summed E-state index contributed by atoms with van der Waals surface area (Å²) in [6, 6.07) is 0. The molecule has 1 rings (SSSR count). The number of aliphatic hydroxyl groups is 2. The van der Waals surface area contributed by atoms with Gasteiger partial charge in [-0.15, -0.1) is 0 Å². The van der Waals surface area contributed by atoms with Crippen molar-refractivity contribution in [1.82, 2.24) is 0 Å². The smallest absolute Gasteiger partial charge is 0.479 e. The van der Waals surface area contributed by atoms with Crippen LogP contribution in [0.3, 0.4) is 0 Å². The Morgan fingerprint density at radius 1 is 0.646 bits per heavy atom. The molecule has 1 saturated heterocycles. The number of carboxylic acids is 2. The second-order valence-corrected chi connectivity index (χ2v) is 12.9. The van der Waals surface area contributed by atoms with Crippen LogP contribution in [0.25, 0.3) is 0 Å². The second-order valence-electron chi connectivity index (χ2n) is 12.1. The number of hydrogen-bond acceptors (Lipinski definition) is 5. The summed E-state index contributed by atoms with van der Waals surface area (Å²) in [5.41, 5.74) is -6.47. The van der Waals surface area contributed by atoms with E-state index in [4.69, 9.17) is 25.2 Å². The van der Waals surface area contributed by atoms with E-state index in [2.05, 4.69) is 13.8 Å². The molecule has 0 radical (unpaired) electrons. The second kappa shape index (κ2) is 32.6. The minimum absolute atomic E-state index is 0. The quantitative estimate of drug-likeness (QED) is 0.0598. The van der Waals surface area contributed by atoms with Gasteiger partial charge in [0.2, 0.25) is 11.3 Å². The third-order valence-corrected chi connectivity index (χ3v) is 5.95. The summed E-state index contributed by atoms with van der Waals surface area (Å²) in [6.07, 6.45) is 6.22. The molecule has 18 heteroatoms. The molecule has 298 valence electrons. The molecular weight excluding hydrogens is 732 g/mol. The number of carboxylic acid groups (broad SMARTS) is 2. The largest absolute Gasteiger partial charge is 0.844 e. The Kier molecular flexibility index (Phi) is 43.5. The van der Waals surface area contributed by atoms with Crippen LogP contribution in [0.5, 0.6) is 0 Å². The number of aliphatic hydroxyl groups excluding tert-OH is 2. The van der Waals surface area contributed by atoms with Crippen molar-refractivity contribution in [3.63, 3.8) is 0 Å². The Balaban J connectivity index is -0.0000000840. The topological polar surface area (TPSA) is 128 Å². The first-order valence-electron chi connectivity index (χ1n) is 15.4. The van der Waals surface area contributed by atoms with Crippen LogP contribution >= 0.6 is 0 Å². The van der Waals surface area contributed by atoms with Gasteiger partial charge in [-0.05, 0) is 66.7 Å². The maximum absolute atomic E-state index is 12.6. The van der Waals surface area contributed by atoms with Crippen molar-refractivity contribution in [3.8, 4) is 0 Å². The first-order valence-corrected chi connectivity index (χ1v) is 16.9. The van der Waals surface area contributed by atoms with Gasteiger partial charge in [-0.25, -0.2) is 43.6 Å². The molecule has 1 aliphatic rings. The number of aliphatic carboxylic acids is 2. The zero-order chi connectivity index (χ0) is 38.1. The van der Waals surface area contributed by atoms with E-state index in [1.165, 1.54) is 26.7 Å². The Labute approximate surface area is 344 Å². The third kappa shape index (κ3) is 51.4. The van der Waals surface area contributed by atoms with E-state index in [-0.39, 0.29) is 102 Å². The third-order valence-electron chi connectivity index (χ3n) is 5.95. The average Bonchev–Trinajstić information content (AvgIpc) is 3.61. The van der Waals surface area contributed by atoms with E-state index in [9.17, 15) is 43.6 Å². The minimum Gasteiger partial charge on any atom is -0.479 e. The molecule has 48 heavy (non-hydrogen) atoms. The normalized spacial score (nSPS) is 19.2. The molecule has 0 unspecified atom stereocenters. The molecule has 0 spiro atoms. The standard InChI is InChI=1S/2C6H11FO2.2C6H13FO.C6H12O.2Ar.F4Si/c2*1-3-4-6(2,7)5(8)9;2*1-3-4-6(2,7)5-8;1-3-4-6(2)5-7-6;;;1-5(2,3)4/h2*3-4H2,1-2H3,(H,8,9);2*8H,3-5H2,1-2H3;3-5H2,1-2H3;;;/t5*6-;;;/m00001.../s1. The fourth-order valence-electron chi connectivity index (χ4n) is 3.15. The van der Waals surface area contributed by atoms with Crippen LogP contribution in [0.1, 0.15) is 133 Å². The van der Waals surface area contributed by atoms with Crippen molar-refractivity contribution >= 4 is 21.3 Å². The van der Waals surface area contributed by atoms with Gasteiger partial charge in [0.25, 0.3) is 0 Å². The van der Waals surface area contributed by atoms with Gasteiger partial charge in [0.15, 0.2) is 0 Å². The van der Waals surface area contributed by atoms with Crippen LogP contribution in [0.2, 0.25) is 0 Å². The Morgan fingerprint density at radius 3 is 0.938 bits per heavy atom. The van der Waals surface area contributed by atoms with Crippen LogP contribution in [0.4, 0.5) is 34.0 Å². The molecule has 1 aliphatic heterocycles. The van der Waals surface area contributed by atoms with Crippen LogP contribution in [0, 0.1) is 75.5 Å².